The second-order valence-corrected chi connectivity index (χ2v) is 5.60. The zero-order valence-corrected chi connectivity index (χ0v) is 17.4. The maximum absolute atomic E-state index is 12.9. The molecule has 1 unspecified atom stereocenters. The summed E-state index contributed by atoms with van der Waals surface area (Å²) < 4.78 is 38.8. The number of aliphatic imine (C=N–C) groups is 1. The summed E-state index contributed by atoms with van der Waals surface area (Å²) in [7, 11) is 1.64. The Labute approximate surface area is 173 Å². The highest BCUT2D eigenvalue weighted by molar-refractivity contribution is 14.0. The molecule has 0 saturated carbocycles. The first-order valence-electron chi connectivity index (χ1n) is 8.20. The van der Waals surface area contributed by atoms with E-state index in [0.717, 1.165) is 11.6 Å². The van der Waals surface area contributed by atoms with E-state index in [0.29, 0.717) is 12.5 Å². The van der Waals surface area contributed by atoms with Gasteiger partial charge in [0.1, 0.15) is 5.82 Å². The number of rotatable bonds is 6. The van der Waals surface area contributed by atoms with Crippen LogP contribution >= 0.6 is 24.0 Å². The molecule has 0 aliphatic carbocycles. The third kappa shape index (κ3) is 7.24. The van der Waals surface area contributed by atoms with Crippen LogP contribution in [0.1, 0.15) is 24.1 Å². The lowest BCUT2D eigenvalue weighted by atomic mass is 10.1. The lowest BCUT2D eigenvalue weighted by Crippen LogP contribution is -2.40. The van der Waals surface area contributed by atoms with E-state index in [4.69, 9.17) is 0 Å². The lowest BCUT2D eigenvalue weighted by Gasteiger charge is -2.19. The molecule has 0 saturated heterocycles. The smallest absolute Gasteiger partial charge is 0.368 e. The predicted molar refractivity (Wildman–Crippen MR) is 112 cm³/mol. The fourth-order valence-electron chi connectivity index (χ4n) is 2.36. The molecular weight excluding hydrogens is 470 g/mol. The van der Waals surface area contributed by atoms with Crippen LogP contribution in [0, 0.1) is 0 Å². The van der Waals surface area contributed by atoms with Crippen LogP contribution in [0.3, 0.4) is 0 Å². The third-order valence-corrected chi connectivity index (χ3v) is 3.70. The van der Waals surface area contributed by atoms with E-state index in [1.807, 2.05) is 37.3 Å². The van der Waals surface area contributed by atoms with Crippen molar-refractivity contribution in [2.75, 3.05) is 25.5 Å². The lowest BCUT2D eigenvalue weighted by molar-refractivity contribution is -0.137. The Morgan fingerprint density at radius 2 is 1.81 bits per heavy atom. The molecule has 0 aliphatic rings. The van der Waals surface area contributed by atoms with Crippen molar-refractivity contribution in [2.45, 2.75) is 19.1 Å². The highest BCUT2D eigenvalue weighted by Crippen LogP contribution is 2.33. The van der Waals surface area contributed by atoms with Crippen LogP contribution in [0.25, 0.3) is 0 Å². The molecule has 9 heteroatoms. The largest absolute Gasteiger partial charge is 0.419 e. The molecule has 1 aromatic carbocycles. The Hall–Kier alpha value is -2.04. The topological polar surface area (TPSA) is 61.3 Å². The number of benzene rings is 1. The van der Waals surface area contributed by atoms with Gasteiger partial charge in [-0.15, -0.1) is 24.0 Å². The van der Waals surface area contributed by atoms with E-state index in [-0.39, 0.29) is 42.4 Å². The number of alkyl halides is 3. The Bertz CT molecular complexity index is 722. The first-order valence-corrected chi connectivity index (χ1v) is 8.20. The Morgan fingerprint density at radius 3 is 2.44 bits per heavy atom. The number of nitrogens with zero attached hydrogens (tertiary/aromatic N) is 2. The van der Waals surface area contributed by atoms with Crippen molar-refractivity contribution >= 4 is 35.8 Å². The predicted octanol–water partition coefficient (Wildman–Crippen LogP) is 4.06. The van der Waals surface area contributed by atoms with Crippen molar-refractivity contribution in [2.24, 2.45) is 4.99 Å². The van der Waals surface area contributed by atoms with Gasteiger partial charge in [-0.25, -0.2) is 4.98 Å². The normalized spacial score (nSPS) is 12.7. The standard InChI is InChI=1S/C18H22F3N5.HI/c1-13(14-7-4-3-5-8-14)26-17(22-2)25-12-11-24-16-15(18(19,20)21)9-6-10-23-16;/h3-10,13H,11-12H2,1-2H3,(H,23,24)(H2,22,25,26);1H. The van der Waals surface area contributed by atoms with Crippen molar-refractivity contribution < 1.29 is 13.2 Å². The van der Waals surface area contributed by atoms with Crippen LogP contribution < -0.4 is 16.0 Å². The molecule has 1 aromatic heterocycles. The van der Waals surface area contributed by atoms with E-state index in [9.17, 15) is 13.2 Å². The second-order valence-electron chi connectivity index (χ2n) is 5.60. The minimum absolute atomic E-state index is 0. The van der Waals surface area contributed by atoms with Crippen molar-refractivity contribution in [3.63, 3.8) is 0 Å². The first kappa shape index (κ1) is 23.0. The fourth-order valence-corrected chi connectivity index (χ4v) is 2.36. The SMILES string of the molecule is CN=C(NCCNc1ncccc1C(F)(F)F)NC(C)c1ccccc1.I. The van der Waals surface area contributed by atoms with Gasteiger partial charge in [0.25, 0.3) is 0 Å². The summed E-state index contributed by atoms with van der Waals surface area (Å²) in [6.07, 6.45) is -3.11. The van der Waals surface area contributed by atoms with Gasteiger partial charge >= 0.3 is 6.18 Å². The molecule has 0 bridgehead atoms. The average Bonchev–Trinajstić information content (AvgIpc) is 2.64. The number of nitrogens with one attached hydrogen (secondary N) is 3. The number of guanidine groups is 1. The molecule has 0 amide bonds. The number of anilines is 1. The van der Waals surface area contributed by atoms with Crippen molar-refractivity contribution in [3.8, 4) is 0 Å². The molecule has 0 fully saturated rings. The van der Waals surface area contributed by atoms with Gasteiger partial charge in [-0.2, -0.15) is 13.2 Å². The van der Waals surface area contributed by atoms with Gasteiger partial charge in [0.2, 0.25) is 0 Å². The van der Waals surface area contributed by atoms with Crippen molar-refractivity contribution in [3.05, 3.63) is 59.8 Å². The highest BCUT2D eigenvalue weighted by Gasteiger charge is 2.33. The van der Waals surface area contributed by atoms with Crippen molar-refractivity contribution in [1.29, 1.82) is 0 Å². The van der Waals surface area contributed by atoms with Crippen LogP contribution in [0.5, 0.6) is 0 Å². The summed E-state index contributed by atoms with van der Waals surface area (Å²) in [6, 6.07) is 12.2. The molecule has 2 aromatic rings. The number of hydrogen-bond acceptors (Lipinski definition) is 3. The van der Waals surface area contributed by atoms with Gasteiger partial charge in [-0.3, -0.25) is 4.99 Å². The van der Waals surface area contributed by atoms with Crippen LogP contribution in [0.4, 0.5) is 19.0 Å². The molecule has 0 spiro atoms. The Morgan fingerprint density at radius 1 is 1.11 bits per heavy atom. The Balaban J connectivity index is 0.00000364. The molecule has 1 atom stereocenters. The summed E-state index contributed by atoms with van der Waals surface area (Å²) in [5.74, 6) is 0.391. The maximum atomic E-state index is 12.9. The molecule has 148 valence electrons. The summed E-state index contributed by atoms with van der Waals surface area (Å²) in [5.41, 5.74) is 0.331. The van der Waals surface area contributed by atoms with E-state index >= 15 is 0 Å². The highest BCUT2D eigenvalue weighted by atomic mass is 127. The Kier molecular flexibility index (Phi) is 9.33. The van der Waals surface area contributed by atoms with Gasteiger partial charge in [-0.05, 0) is 24.6 Å². The second kappa shape index (κ2) is 11.0. The first-order chi connectivity index (χ1) is 12.4. The minimum atomic E-state index is -4.44. The van der Waals surface area contributed by atoms with Gasteiger partial charge in [0.05, 0.1) is 11.6 Å². The number of halogens is 4. The monoisotopic (exact) mass is 493 g/mol. The summed E-state index contributed by atoms with van der Waals surface area (Å²) in [5, 5.41) is 9.01. The quantitative estimate of drug-likeness (QED) is 0.246. The van der Waals surface area contributed by atoms with Gasteiger partial charge in [0.15, 0.2) is 5.96 Å². The summed E-state index contributed by atoms with van der Waals surface area (Å²) >= 11 is 0. The van der Waals surface area contributed by atoms with Gasteiger partial charge in [-0.1, -0.05) is 30.3 Å². The third-order valence-electron chi connectivity index (χ3n) is 3.70. The van der Waals surface area contributed by atoms with E-state index in [1.165, 1.54) is 12.3 Å². The van der Waals surface area contributed by atoms with Crippen LogP contribution in [-0.2, 0) is 6.18 Å². The molecule has 3 N–H and O–H groups in total. The number of hydrogen-bond donors (Lipinski definition) is 3. The molecule has 0 aliphatic heterocycles. The van der Waals surface area contributed by atoms with Crippen LogP contribution in [-0.4, -0.2) is 31.1 Å². The fraction of sp³-hybridized carbons (Fsp3) is 0.333. The number of aromatic nitrogens is 1. The molecular formula is C18H23F3IN5. The van der Waals surface area contributed by atoms with E-state index in [2.05, 4.69) is 25.9 Å². The van der Waals surface area contributed by atoms with E-state index in [1.54, 1.807) is 7.05 Å². The summed E-state index contributed by atoms with van der Waals surface area (Å²) in [4.78, 5) is 7.89. The number of pyridine rings is 1. The summed E-state index contributed by atoms with van der Waals surface area (Å²) in [6.45, 7) is 2.65. The zero-order valence-electron chi connectivity index (χ0n) is 15.0. The van der Waals surface area contributed by atoms with Gasteiger partial charge < -0.3 is 16.0 Å². The van der Waals surface area contributed by atoms with Crippen LogP contribution in [0.2, 0.25) is 0 Å². The zero-order chi connectivity index (χ0) is 19.0. The molecule has 5 nitrogen and oxygen atoms in total. The maximum Gasteiger partial charge on any atom is 0.419 e. The van der Waals surface area contributed by atoms with E-state index < -0.39 is 11.7 Å². The van der Waals surface area contributed by atoms with Crippen molar-refractivity contribution in [1.82, 2.24) is 15.6 Å². The molecule has 1 heterocycles. The molecule has 2 rings (SSSR count). The minimum Gasteiger partial charge on any atom is -0.368 e. The molecule has 27 heavy (non-hydrogen) atoms. The van der Waals surface area contributed by atoms with Crippen LogP contribution in [0.15, 0.2) is 53.7 Å². The average molecular weight is 493 g/mol. The molecule has 0 radical (unpaired) electrons. The van der Waals surface area contributed by atoms with Gasteiger partial charge in [0, 0.05) is 26.3 Å².